The van der Waals surface area contributed by atoms with Gasteiger partial charge in [-0.1, -0.05) is 30.3 Å². The van der Waals surface area contributed by atoms with Crippen LogP contribution in [0.2, 0.25) is 0 Å². The van der Waals surface area contributed by atoms with Crippen LogP contribution in [0, 0.1) is 0 Å². The number of imidazole rings is 1. The number of aromatic nitrogens is 2. The van der Waals surface area contributed by atoms with Crippen molar-refractivity contribution in [1.82, 2.24) is 14.9 Å². The first-order valence-corrected chi connectivity index (χ1v) is 8.87. The number of carbonyl (C=O) groups excluding carboxylic acids is 1. The highest BCUT2D eigenvalue weighted by Gasteiger charge is 2.53. The van der Waals surface area contributed by atoms with E-state index in [1.165, 1.54) is 5.56 Å². The van der Waals surface area contributed by atoms with E-state index >= 15 is 0 Å². The molecule has 1 spiro atoms. The minimum Gasteiger partial charge on any atom is -0.377 e. The summed E-state index contributed by atoms with van der Waals surface area (Å²) in [7, 11) is 1.69. The average Bonchev–Trinajstić information content (AvgIpc) is 3.41. The summed E-state index contributed by atoms with van der Waals surface area (Å²) in [6.45, 7) is 1.76. The Morgan fingerprint density at radius 2 is 2.27 bits per heavy atom. The van der Waals surface area contributed by atoms with Gasteiger partial charge < -0.3 is 19.4 Å². The molecule has 4 rings (SSSR count). The third-order valence-corrected chi connectivity index (χ3v) is 5.39. The van der Waals surface area contributed by atoms with Gasteiger partial charge in [0.25, 0.3) is 0 Å². The van der Waals surface area contributed by atoms with Crippen molar-refractivity contribution in [1.29, 1.82) is 0 Å². The van der Waals surface area contributed by atoms with Crippen molar-refractivity contribution in [3.8, 4) is 0 Å². The van der Waals surface area contributed by atoms with Crippen molar-refractivity contribution in [2.75, 3.05) is 26.8 Å². The second-order valence-electron chi connectivity index (χ2n) is 6.97. The lowest BCUT2D eigenvalue weighted by atomic mass is 9.87. The van der Waals surface area contributed by atoms with E-state index in [-0.39, 0.29) is 12.0 Å². The van der Waals surface area contributed by atoms with Gasteiger partial charge in [0.05, 0.1) is 37.9 Å². The number of amides is 1. The van der Waals surface area contributed by atoms with Gasteiger partial charge in [0.15, 0.2) is 0 Å². The Morgan fingerprint density at radius 1 is 1.42 bits per heavy atom. The number of likely N-dealkylation sites (tertiary alicyclic amines) is 1. The molecular weight excluding hydrogens is 330 g/mol. The van der Waals surface area contributed by atoms with Gasteiger partial charge in [0.2, 0.25) is 5.91 Å². The Bertz CT molecular complexity index is 775. The van der Waals surface area contributed by atoms with Gasteiger partial charge in [0.1, 0.15) is 11.7 Å². The number of ether oxygens (including phenoxy) is 2. The Balaban J connectivity index is 1.47. The minimum atomic E-state index is -0.424. The average molecular weight is 353 g/mol. The van der Waals surface area contributed by atoms with Gasteiger partial charge in [-0.2, -0.15) is 0 Å². The summed E-state index contributed by atoms with van der Waals surface area (Å²) in [4.78, 5) is 21.3. The van der Waals surface area contributed by atoms with E-state index in [0.717, 1.165) is 12.1 Å². The standard InChI is InChI=1S/C20H23N3O3/c1-25-18-11-23(19(24)8-7-17-10-21-14-22-17)13-20(18)9-16(12-26-20)15-5-3-2-4-6-15/h2-8,10,14,16,18H,9,11-13H2,1H3,(H,21,22)/t16-,18+,20+/m0/s1. The highest BCUT2D eigenvalue weighted by molar-refractivity contribution is 5.91. The van der Waals surface area contributed by atoms with Crippen molar-refractivity contribution in [3.05, 3.63) is 60.2 Å². The van der Waals surface area contributed by atoms with Crippen LogP contribution in [0.3, 0.4) is 0 Å². The minimum absolute atomic E-state index is 0.0368. The van der Waals surface area contributed by atoms with Crippen molar-refractivity contribution in [2.24, 2.45) is 0 Å². The molecule has 2 aliphatic heterocycles. The van der Waals surface area contributed by atoms with Crippen LogP contribution in [0.1, 0.15) is 23.6 Å². The quantitative estimate of drug-likeness (QED) is 0.856. The lowest BCUT2D eigenvalue weighted by Crippen LogP contribution is -2.42. The Morgan fingerprint density at radius 3 is 3.00 bits per heavy atom. The smallest absolute Gasteiger partial charge is 0.246 e. The van der Waals surface area contributed by atoms with Gasteiger partial charge >= 0.3 is 0 Å². The number of carbonyl (C=O) groups is 1. The molecule has 2 aromatic rings. The fraction of sp³-hybridized carbons (Fsp3) is 0.400. The maximum atomic E-state index is 12.6. The third kappa shape index (κ3) is 3.18. The monoisotopic (exact) mass is 353 g/mol. The molecule has 0 aliphatic carbocycles. The largest absolute Gasteiger partial charge is 0.377 e. The fourth-order valence-electron chi connectivity index (χ4n) is 4.01. The molecule has 1 aromatic carbocycles. The molecule has 0 bridgehead atoms. The number of hydrogen-bond donors (Lipinski definition) is 1. The van der Waals surface area contributed by atoms with E-state index < -0.39 is 5.60 Å². The number of benzene rings is 1. The third-order valence-electron chi connectivity index (χ3n) is 5.39. The molecule has 2 fully saturated rings. The topological polar surface area (TPSA) is 67.5 Å². The molecule has 1 N–H and O–H groups in total. The first kappa shape index (κ1) is 17.0. The molecule has 0 radical (unpaired) electrons. The zero-order valence-electron chi connectivity index (χ0n) is 14.8. The van der Waals surface area contributed by atoms with Gasteiger partial charge in [-0.15, -0.1) is 0 Å². The van der Waals surface area contributed by atoms with Crippen molar-refractivity contribution < 1.29 is 14.3 Å². The van der Waals surface area contributed by atoms with Crippen molar-refractivity contribution in [3.63, 3.8) is 0 Å². The molecular formula is C20H23N3O3. The lowest BCUT2D eigenvalue weighted by molar-refractivity contribution is -0.126. The van der Waals surface area contributed by atoms with E-state index in [1.54, 1.807) is 31.8 Å². The van der Waals surface area contributed by atoms with Gasteiger partial charge in [-0.3, -0.25) is 4.79 Å². The molecule has 1 amide bonds. The Hall–Kier alpha value is -2.44. The number of nitrogens with zero attached hydrogens (tertiary/aromatic N) is 2. The summed E-state index contributed by atoms with van der Waals surface area (Å²) < 4.78 is 11.9. The number of hydrogen-bond acceptors (Lipinski definition) is 4. The summed E-state index contributed by atoms with van der Waals surface area (Å²) in [5.41, 5.74) is 1.66. The summed E-state index contributed by atoms with van der Waals surface area (Å²) in [6, 6.07) is 10.4. The van der Waals surface area contributed by atoms with Crippen LogP contribution in [-0.4, -0.2) is 59.3 Å². The molecule has 6 nitrogen and oxygen atoms in total. The summed E-state index contributed by atoms with van der Waals surface area (Å²) in [6.07, 6.45) is 7.33. The highest BCUT2D eigenvalue weighted by Crippen LogP contribution is 2.43. The molecule has 0 unspecified atom stereocenters. The molecule has 2 saturated heterocycles. The molecule has 3 heterocycles. The zero-order valence-corrected chi connectivity index (χ0v) is 14.8. The Kier molecular flexibility index (Phi) is 4.61. The summed E-state index contributed by atoms with van der Waals surface area (Å²) in [5, 5.41) is 0. The Labute approximate surface area is 152 Å². The van der Waals surface area contributed by atoms with Crippen LogP contribution in [-0.2, 0) is 14.3 Å². The van der Waals surface area contributed by atoms with Gasteiger partial charge in [-0.25, -0.2) is 4.98 Å². The predicted molar refractivity (Wildman–Crippen MR) is 97.5 cm³/mol. The number of nitrogens with one attached hydrogen (secondary N) is 1. The molecule has 6 heteroatoms. The van der Waals surface area contributed by atoms with E-state index in [1.807, 2.05) is 11.0 Å². The molecule has 0 saturated carbocycles. The molecule has 26 heavy (non-hydrogen) atoms. The first-order chi connectivity index (χ1) is 12.7. The highest BCUT2D eigenvalue weighted by atomic mass is 16.6. The van der Waals surface area contributed by atoms with Crippen LogP contribution in [0.25, 0.3) is 6.08 Å². The molecule has 3 atom stereocenters. The summed E-state index contributed by atoms with van der Waals surface area (Å²) >= 11 is 0. The van der Waals surface area contributed by atoms with Gasteiger partial charge in [0, 0.05) is 19.1 Å². The molecule has 136 valence electrons. The maximum absolute atomic E-state index is 12.6. The predicted octanol–water partition coefficient (Wildman–Crippen LogP) is 2.22. The van der Waals surface area contributed by atoms with E-state index in [2.05, 4.69) is 34.2 Å². The van der Waals surface area contributed by atoms with E-state index in [9.17, 15) is 4.79 Å². The number of methoxy groups -OCH3 is 1. The fourth-order valence-corrected chi connectivity index (χ4v) is 4.01. The second kappa shape index (κ2) is 7.05. The van der Waals surface area contributed by atoms with Crippen molar-refractivity contribution >= 4 is 12.0 Å². The summed E-state index contributed by atoms with van der Waals surface area (Å²) in [5.74, 6) is 0.301. The first-order valence-electron chi connectivity index (χ1n) is 8.87. The van der Waals surface area contributed by atoms with E-state index in [0.29, 0.717) is 25.6 Å². The van der Waals surface area contributed by atoms with Crippen LogP contribution >= 0.6 is 0 Å². The maximum Gasteiger partial charge on any atom is 0.246 e. The number of H-pyrrole nitrogens is 1. The van der Waals surface area contributed by atoms with Crippen LogP contribution in [0.15, 0.2) is 48.9 Å². The zero-order chi connectivity index (χ0) is 18.0. The molecule has 1 aromatic heterocycles. The van der Waals surface area contributed by atoms with Crippen molar-refractivity contribution in [2.45, 2.75) is 24.0 Å². The number of rotatable bonds is 4. The van der Waals surface area contributed by atoms with Crippen LogP contribution < -0.4 is 0 Å². The van der Waals surface area contributed by atoms with Gasteiger partial charge in [-0.05, 0) is 18.1 Å². The molecule has 2 aliphatic rings. The number of aromatic amines is 1. The normalized spacial score (nSPS) is 28.4. The SMILES string of the molecule is CO[C@@H]1CN(C(=O)C=Cc2cnc[nH]2)C[C@]12C[C@H](c1ccccc1)CO2. The lowest BCUT2D eigenvalue weighted by Gasteiger charge is -2.28. The van der Waals surface area contributed by atoms with E-state index in [4.69, 9.17) is 9.47 Å². The second-order valence-corrected chi connectivity index (χ2v) is 6.97. The van der Waals surface area contributed by atoms with Crippen LogP contribution in [0.4, 0.5) is 0 Å². The van der Waals surface area contributed by atoms with Crippen LogP contribution in [0.5, 0.6) is 0 Å².